The van der Waals surface area contributed by atoms with Crippen LogP contribution >= 0.6 is 0 Å². The summed E-state index contributed by atoms with van der Waals surface area (Å²) in [4.78, 5) is 0. The molecule has 0 amide bonds. The van der Waals surface area contributed by atoms with E-state index in [2.05, 4.69) is 12.2 Å². The van der Waals surface area contributed by atoms with Crippen LogP contribution < -0.4 is 0 Å². The molecule has 0 aliphatic heterocycles. The summed E-state index contributed by atoms with van der Waals surface area (Å²) >= 11 is 0. The molecule has 12 heavy (non-hydrogen) atoms. The SMILES string of the molecule is CC(C)(O)/C=C\C1=CCCCC1. The average Bonchev–Trinajstić information content (AvgIpc) is 2.02. The Morgan fingerprint density at radius 2 is 2.17 bits per heavy atom. The van der Waals surface area contributed by atoms with Gasteiger partial charge in [0.15, 0.2) is 0 Å². The Morgan fingerprint density at radius 3 is 2.67 bits per heavy atom. The Kier molecular flexibility index (Phi) is 3.10. The maximum absolute atomic E-state index is 9.43. The van der Waals surface area contributed by atoms with Crippen molar-refractivity contribution in [2.45, 2.75) is 45.1 Å². The van der Waals surface area contributed by atoms with Gasteiger partial charge in [0.2, 0.25) is 0 Å². The van der Waals surface area contributed by atoms with Gasteiger partial charge in [-0.1, -0.05) is 23.8 Å². The van der Waals surface area contributed by atoms with E-state index in [-0.39, 0.29) is 0 Å². The monoisotopic (exact) mass is 166 g/mol. The fourth-order valence-corrected chi connectivity index (χ4v) is 1.33. The number of hydrogen-bond donors (Lipinski definition) is 1. The Labute approximate surface area is 74.8 Å². The van der Waals surface area contributed by atoms with Gasteiger partial charge in [0, 0.05) is 0 Å². The van der Waals surface area contributed by atoms with Crippen LogP contribution in [0.3, 0.4) is 0 Å². The van der Waals surface area contributed by atoms with Gasteiger partial charge in [-0.25, -0.2) is 0 Å². The van der Waals surface area contributed by atoms with Crippen molar-refractivity contribution in [3.63, 3.8) is 0 Å². The first-order valence-corrected chi connectivity index (χ1v) is 4.68. The summed E-state index contributed by atoms with van der Waals surface area (Å²) in [5.74, 6) is 0. The smallest absolute Gasteiger partial charge is 0.0774 e. The van der Waals surface area contributed by atoms with Gasteiger partial charge in [-0.05, 0) is 39.5 Å². The van der Waals surface area contributed by atoms with Gasteiger partial charge in [0.25, 0.3) is 0 Å². The van der Waals surface area contributed by atoms with Crippen molar-refractivity contribution in [3.8, 4) is 0 Å². The highest BCUT2D eigenvalue weighted by Gasteiger charge is 2.07. The van der Waals surface area contributed by atoms with Crippen molar-refractivity contribution in [2.75, 3.05) is 0 Å². The first-order chi connectivity index (χ1) is 5.58. The Morgan fingerprint density at radius 1 is 1.42 bits per heavy atom. The Bertz CT molecular complexity index is 194. The molecule has 1 heteroatoms. The normalized spacial score (nSPS) is 19.8. The minimum Gasteiger partial charge on any atom is -0.386 e. The molecular formula is C11H18O. The molecule has 0 aromatic carbocycles. The molecule has 0 fully saturated rings. The zero-order chi connectivity index (χ0) is 9.03. The first-order valence-electron chi connectivity index (χ1n) is 4.68. The number of allylic oxidation sites excluding steroid dienone is 3. The van der Waals surface area contributed by atoms with E-state index in [4.69, 9.17) is 0 Å². The van der Waals surface area contributed by atoms with E-state index in [0.717, 1.165) is 0 Å². The molecular weight excluding hydrogens is 148 g/mol. The lowest BCUT2D eigenvalue weighted by molar-refractivity contribution is 0.133. The van der Waals surface area contributed by atoms with E-state index in [1.807, 2.05) is 6.08 Å². The fraction of sp³-hybridized carbons (Fsp3) is 0.636. The lowest BCUT2D eigenvalue weighted by Gasteiger charge is -2.13. The summed E-state index contributed by atoms with van der Waals surface area (Å²) in [5.41, 5.74) is 0.710. The van der Waals surface area contributed by atoms with Crippen LogP contribution in [0.15, 0.2) is 23.8 Å². The molecule has 0 aromatic heterocycles. The second-order valence-corrected chi connectivity index (χ2v) is 4.01. The minimum absolute atomic E-state index is 0.668. The van der Waals surface area contributed by atoms with Crippen LogP contribution in [0.1, 0.15) is 39.5 Å². The first kappa shape index (κ1) is 9.53. The van der Waals surface area contributed by atoms with Gasteiger partial charge in [0.05, 0.1) is 5.60 Å². The summed E-state index contributed by atoms with van der Waals surface area (Å²) < 4.78 is 0. The third kappa shape index (κ3) is 3.72. The molecule has 0 bridgehead atoms. The van der Waals surface area contributed by atoms with E-state index in [1.54, 1.807) is 13.8 Å². The lowest BCUT2D eigenvalue weighted by Crippen LogP contribution is -2.13. The van der Waals surface area contributed by atoms with E-state index in [0.29, 0.717) is 0 Å². The summed E-state index contributed by atoms with van der Waals surface area (Å²) in [6.07, 6.45) is 11.2. The molecule has 1 aliphatic rings. The molecule has 0 unspecified atom stereocenters. The highest BCUT2D eigenvalue weighted by atomic mass is 16.3. The third-order valence-electron chi connectivity index (χ3n) is 2.03. The molecule has 1 nitrogen and oxygen atoms in total. The number of rotatable bonds is 2. The molecule has 1 N–H and O–H groups in total. The summed E-state index contributed by atoms with van der Waals surface area (Å²) in [7, 11) is 0. The molecule has 0 heterocycles. The maximum Gasteiger partial charge on any atom is 0.0774 e. The van der Waals surface area contributed by atoms with Gasteiger partial charge in [-0.15, -0.1) is 0 Å². The van der Waals surface area contributed by atoms with E-state index in [1.165, 1.54) is 31.3 Å². The van der Waals surface area contributed by atoms with Crippen molar-refractivity contribution in [2.24, 2.45) is 0 Å². The fourth-order valence-electron chi connectivity index (χ4n) is 1.33. The van der Waals surface area contributed by atoms with Crippen molar-refractivity contribution < 1.29 is 5.11 Å². The summed E-state index contributed by atoms with van der Waals surface area (Å²) in [6, 6.07) is 0. The molecule has 68 valence electrons. The molecule has 0 atom stereocenters. The standard InChI is InChI=1S/C11H18O/c1-11(2,12)9-8-10-6-4-3-5-7-10/h6,8-9,12H,3-5,7H2,1-2H3/b9-8-. The molecule has 0 saturated heterocycles. The minimum atomic E-state index is -0.668. The highest BCUT2D eigenvalue weighted by Crippen LogP contribution is 2.19. The van der Waals surface area contributed by atoms with E-state index in [9.17, 15) is 5.11 Å². The van der Waals surface area contributed by atoms with Gasteiger partial charge in [-0.3, -0.25) is 0 Å². The van der Waals surface area contributed by atoms with Gasteiger partial charge in [-0.2, -0.15) is 0 Å². The molecule has 0 saturated carbocycles. The molecule has 0 radical (unpaired) electrons. The third-order valence-corrected chi connectivity index (χ3v) is 2.03. The van der Waals surface area contributed by atoms with Crippen molar-refractivity contribution in [1.29, 1.82) is 0 Å². The largest absolute Gasteiger partial charge is 0.386 e. The molecule has 0 aromatic rings. The second-order valence-electron chi connectivity index (χ2n) is 4.01. The van der Waals surface area contributed by atoms with E-state index >= 15 is 0 Å². The summed E-state index contributed by atoms with van der Waals surface area (Å²) in [6.45, 7) is 3.60. The molecule has 0 spiro atoms. The maximum atomic E-state index is 9.43. The highest BCUT2D eigenvalue weighted by molar-refractivity contribution is 5.22. The molecule has 1 rings (SSSR count). The Balaban J connectivity index is 2.49. The van der Waals surface area contributed by atoms with Crippen molar-refractivity contribution >= 4 is 0 Å². The Hall–Kier alpha value is -0.560. The quantitative estimate of drug-likeness (QED) is 0.668. The van der Waals surface area contributed by atoms with Crippen LogP contribution in [0.4, 0.5) is 0 Å². The van der Waals surface area contributed by atoms with Crippen LogP contribution in [0.2, 0.25) is 0 Å². The summed E-state index contributed by atoms with van der Waals surface area (Å²) in [5, 5.41) is 9.43. The predicted molar refractivity (Wildman–Crippen MR) is 52.0 cm³/mol. The number of aliphatic hydroxyl groups is 1. The van der Waals surface area contributed by atoms with Crippen LogP contribution in [0, 0.1) is 0 Å². The zero-order valence-electron chi connectivity index (χ0n) is 8.01. The predicted octanol–water partition coefficient (Wildman–Crippen LogP) is 2.81. The van der Waals surface area contributed by atoms with Crippen molar-refractivity contribution in [3.05, 3.63) is 23.8 Å². The second kappa shape index (κ2) is 3.90. The average molecular weight is 166 g/mol. The van der Waals surface area contributed by atoms with Gasteiger partial charge < -0.3 is 5.11 Å². The topological polar surface area (TPSA) is 20.2 Å². The van der Waals surface area contributed by atoms with Crippen LogP contribution in [-0.2, 0) is 0 Å². The van der Waals surface area contributed by atoms with Gasteiger partial charge >= 0.3 is 0 Å². The molecule has 1 aliphatic carbocycles. The van der Waals surface area contributed by atoms with Crippen LogP contribution in [-0.4, -0.2) is 10.7 Å². The van der Waals surface area contributed by atoms with Crippen LogP contribution in [0.5, 0.6) is 0 Å². The van der Waals surface area contributed by atoms with Crippen LogP contribution in [0.25, 0.3) is 0 Å². The van der Waals surface area contributed by atoms with E-state index < -0.39 is 5.60 Å². The van der Waals surface area contributed by atoms with Crippen molar-refractivity contribution in [1.82, 2.24) is 0 Å². The van der Waals surface area contributed by atoms with Gasteiger partial charge in [0.1, 0.15) is 0 Å². The lowest BCUT2D eigenvalue weighted by atomic mass is 9.98. The zero-order valence-corrected chi connectivity index (χ0v) is 8.01. The number of hydrogen-bond acceptors (Lipinski definition) is 1.